The number of carbonyl (C=O) groups excluding carboxylic acids is 1. The van der Waals surface area contributed by atoms with E-state index in [0.29, 0.717) is 16.5 Å². The molecule has 1 aromatic rings. The number of benzene rings is 1. The summed E-state index contributed by atoms with van der Waals surface area (Å²) >= 11 is 1.77. The molecule has 1 aliphatic carbocycles. The van der Waals surface area contributed by atoms with Crippen LogP contribution in [0.1, 0.15) is 42.5 Å². The van der Waals surface area contributed by atoms with Crippen LogP contribution in [0, 0.1) is 0 Å². The highest BCUT2D eigenvalue weighted by atomic mass is 32.2. The maximum atomic E-state index is 11.4. The number of thioether (sulfide) groups is 1. The van der Waals surface area contributed by atoms with Gasteiger partial charge in [-0.1, -0.05) is 19.3 Å². The molecular formula is C13H18N2OS. The van der Waals surface area contributed by atoms with E-state index in [9.17, 15) is 4.79 Å². The van der Waals surface area contributed by atoms with E-state index in [0.717, 1.165) is 4.90 Å². The second-order valence-electron chi connectivity index (χ2n) is 4.50. The fraction of sp³-hybridized carbons (Fsp3) is 0.462. The Morgan fingerprint density at radius 3 is 2.59 bits per heavy atom. The molecule has 0 unspecified atom stereocenters. The molecular weight excluding hydrogens is 232 g/mol. The fourth-order valence-electron chi connectivity index (χ4n) is 2.21. The predicted molar refractivity (Wildman–Crippen MR) is 72.1 cm³/mol. The van der Waals surface area contributed by atoms with Crippen LogP contribution in [0.3, 0.4) is 0 Å². The lowest BCUT2D eigenvalue weighted by Crippen LogP contribution is -2.14. The average molecular weight is 250 g/mol. The number of rotatable bonds is 3. The van der Waals surface area contributed by atoms with E-state index >= 15 is 0 Å². The second-order valence-corrected chi connectivity index (χ2v) is 5.84. The molecule has 0 heterocycles. The molecule has 3 nitrogen and oxygen atoms in total. The SMILES string of the molecule is NC(=O)c1cc(N)ccc1SC1CCCCC1. The van der Waals surface area contributed by atoms with Gasteiger partial charge in [0.1, 0.15) is 0 Å². The first-order valence-electron chi connectivity index (χ1n) is 6.03. The van der Waals surface area contributed by atoms with Crippen LogP contribution in [0.5, 0.6) is 0 Å². The molecule has 0 saturated heterocycles. The summed E-state index contributed by atoms with van der Waals surface area (Å²) < 4.78 is 0. The fourth-order valence-corrected chi connectivity index (χ4v) is 3.57. The summed E-state index contributed by atoms with van der Waals surface area (Å²) in [7, 11) is 0. The van der Waals surface area contributed by atoms with E-state index in [4.69, 9.17) is 11.5 Å². The van der Waals surface area contributed by atoms with Gasteiger partial charge >= 0.3 is 0 Å². The van der Waals surface area contributed by atoms with Crippen molar-refractivity contribution in [1.82, 2.24) is 0 Å². The Balaban J connectivity index is 2.16. The summed E-state index contributed by atoms with van der Waals surface area (Å²) in [5.41, 5.74) is 12.2. The third-order valence-electron chi connectivity index (χ3n) is 3.11. The molecule has 0 bridgehead atoms. The summed E-state index contributed by atoms with van der Waals surface area (Å²) in [6.45, 7) is 0. The Hall–Kier alpha value is -1.16. The van der Waals surface area contributed by atoms with E-state index in [-0.39, 0.29) is 0 Å². The molecule has 0 aliphatic heterocycles. The summed E-state index contributed by atoms with van der Waals surface area (Å²) in [6.07, 6.45) is 6.37. The van der Waals surface area contributed by atoms with Crippen LogP contribution >= 0.6 is 11.8 Å². The van der Waals surface area contributed by atoms with Crippen molar-refractivity contribution in [2.24, 2.45) is 5.73 Å². The Morgan fingerprint density at radius 1 is 1.24 bits per heavy atom. The molecule has 17 heavy (non-hydrogen) atoms. The van der Waals surface area contributed by atoms with Crippen LogP contribution in [0.25, 0.3) is 0 Å². The molecule has 4 heteroatoms. The van der Waals surface area contributed by atoms with E-state index in [2.05, 4.69) is 0 Å². The maximum absolute atomic E-state index is 11.4. The summed E-state index contributed by atoms with van der Waals surface area (Å²) in [4.78, 5) is 12.3. The normalized spacial score (nSPS) is 16.9. The Kier molecular flexibility index (Phi) is 3.94. The van der Waals surface area contributed by atoms with Crippen LogP contribution < -0.4 is 11.5 Å². The molecule has 1 aliphatic rings. The van der Waals surface area contributed by atoms with Gasteiger partial charge in [0.15, 0.2) is 0 Å². The molecule has 4 N–H and O–H groups in total. The lowest BCUT2D eigenvalue weighted by Gasteiger charge is -2.21. The van der Waals surface area contributed by atoms with Crippen LogP contribution in [0.2, 0.25) is 0 Å². The second kappa shape index (κ2) is 5.45. The summed E-state index contributed by atoms with van der Waals surface area (Å²) in [5.74, 6) is -0.393. The molecule has 0 aromatic heterocycles. The number of hydrogen-bond donors (Lipinski definition) is 2. The summed E-state index contributed by atoms with van der Waals surface area (Å²) in [5, 5.41) is 0.616. The largest absolute Gasteiger partial charge is 0.399 e. The average Bonchev–Trinajstić information content (AvgIpc) is 2.32. The number of carbonyl (C=O) groups is 1. The van der Waals surface area contributed by atoms with Crippen molar-refractivity contribution in [2.75, 3.05) is 5.73 Å². The number of primary amides is 1. The van der Waals surface area contributed by atoms with E-state index in [1.807, 2.05) is 12.1 Å². The lowest BCUT2D eigenvalue weighted by atomic mass is 10.0. The van der Waals surface area contributed by atoms with Gasteiger partial charge in [-0.2, -0.15) is 0 Å². The first-order valence-corrected chi connectivity index (χ1v) is 6.91. The molecule has 0 radical (unpaired) electrons. The van der Waals surface area contributed by atoms with Gasteiger partial charge in [-0.05, 0) is 31.0 Å². The highest BCUT2D eigenvalue weighted by Crippen LogP contribution is 2.35. The lowest BCUT2D eigenvalue weighted by molar-refractivity contribution is 0.0997. The van der Waals surface area contributed by atoms with Crippen LogP contribution in [-0.2, 0) is 0 Å². The van der Waals surface area contributed by atoms with Crippen molar-refractivity contribution in [3.63, 3.8) is 0 Å². The van der Waals surface area contributed by atoms with Gasteiger partial charge < -0.3 is 11.5 Å². The van der Waals surface area contributed by atoms with Crippen molar-refractivity contribution in [3.8, 4) is 0 Å². The molecule has 1 saturated carbocycles. The van der Waals surface area contributed by atoms with Crippen molar-refractivity contribution in [1.29, 1.82) is 0 Å². The maximum Gasteiger partial charge on any atom is 0.249 e. The van der Waals surface area contributed by atoms with Crippen molar-refractivity contribution in [2.45, 2.75) is 42.2 Å². The van der Waals surface area contributed by atoms with Crippen molar-refractivity contribution < 1.29 is 4.79 Å². The van der Waals surface area contributed by atoms with Gasteiger partial charge in [-0.15, -0.1) is 11.8 Å². The van der Waals surface area contributed by atoms with Crippen LogP contribution in [-0.4, -0.2) is 11.2 Å². The zero-order valence-electron chi connectivity index (χ0n) is 9.82. The zero-order valence-corrected chi connectivity index (χ0v) is 10.6. The molecule has 0 spiro atoms. The van der Waals surface area contributed by atoms with Crippen LogP contribution in [0.15, 0.2) is 23.1 Å². The van der Waals surface area contributed by atoms with Gasteiger partial charge in [0, 0.05) is 15.8 Å². The molecule has 1 aromatic carbocycles. The first-order chi connectivity index (χ1) is 8.16. The van der Waals surface area contributed by atoms with E-state index < -0.39 is 5.91 Å². The Bertz CT molecular complexity index is 414. The molecule has 92 valence electrons. The van der Waals surface area contributed by atoms with Gasteiger partial charge in [0.25, 0.3) is 0 Å². The molecule has 1 amide bonds. The van der Waals surface area contributed by atoms with Gasteiger partial charge in [0.2, 0.25) is 5.91 Å². The van der Waals surface area contributed by atoms with Crippen LogP contribution in [0.4, 0.5) is 5.69 Å². The topological polar surface area (TPSA) is 69.1 Å². The third kappa shape index (κ3) is 3.16. The van der Waals surface area contributed by atoms with Gasteiger partial charge in [-0.25, -0.2) is 0 Å². The van der Waals surface area contributed by atoms with E-state index in [1.54, 1.807) is 17.8 Å². The minimum atomic E-state index is -0.393. The smallest absolute Gasteiger partial charge is 0.249 e. The summed E-state index contributed by atoms with van der Waals surface area (Å²) in [6, 6.07) is 5.42. The first kappa shape index (κ1) is 12.3. The Morgan fingerprint density at radius 2 is 1.94 bits per heavy atom. The van der Waals surface area contributed by atoms with E-state index in [1.165, 1.54) is 32.1 Å². The predicted octanol–water partition coefficient (Wildman–Crippen LogP) is 2.79. The number of hydrogen-bond acceptors (Lipinski definition) is 3. The number of amides is 1. The number of nitrogens with two attached hydrogens (primary N) is 2. The van der Waals surface area contributed by atoms with Crippen molar-refractivity contribution in [3.05, 3.63) is 23.8 Å². The monoisotopic (exact) mass is 250 g/mol. The number of anilines is 1. The minimum Gasteiger partial charge on any atom is -0.399 e. The highest BCUT2D eigenvalue weighted by Gasteiger charge is 2.17. The molecule has 0 atom stereocenters. The highest BCUT2D eigenvalue weighted by molar-refractivity contribution is 8.00. The third-order valence-corrected chi connectivity index (χ3v) is 4.53. The standard InChI is InChI=1S/C13H18N2OS/c14-9-6-7-12(11(8-9)13(15)16)17-10-4-2-1-3-5-10/h6-8,10H,1-5,14H2,(H2,15,16). The quantitative estimate of drug-likeness (QED) is 0.810. The van der Waals surface area contributed by atoms with Gasteiger partial charge in [-0.3, -0.25) is 4.79 Å². The zero-order chi connectivity index (χ0) is 12.3. The molecule has 1 fully saturated rings. The Labute approximate surface area is 106 Å². The van der Waals surface area contributed by atoms with Gasteiger partial charge in [0.05, 0.1) is 5.56 Å². The molecule has 2 rings (SSSR count). The van der Waals surface area contributed by atoms with Crippen molar-refractivity contribution >= 4 is 23.4 Å². The number of nitrogen functional groups attached to an aromatic ring is 1. The minimum absolute atomic E-state index is 0.393.